The van der Waals surface area contributed by atoms with Gasteiger partial charge in [-0.15, -0.1) is 0 Å². The molecule has 2 rings (SSSR count). The fourth-order valence-corrected chi connectivity index (χ4v) is 2.74. The first-order chi connectivity index (χ1) is 7.68. The number of carbonyl (C=O) groups excluding carboxylic acids is 1. The minimum atomic E-state index is 0.0175. The van der Waals surface area contributed by atoms with Gasteiger partial charge in [-0.2, -0.15) is 0 Å². The van der Waals surface area contributed by atoms with Crippen molar-refractivity contribution >= 4 is 5.91 Å². The van der Waals surface area contributed by atoms with Gasteiger partial charge in [0, 0.05) is 12.6 Å². The van der Waals surface area contributed by atoms with Gasteiger partial charge in [-0.05, 0) is 32.6 Å². The predicted octanol–water partition coefficient (Wildman–Crippen LogP) is 0.797. The summed E-state index contributed by atoms with van der Waals surface area (Å²) in [6.45, 7) is 2.85. The van der Waals surface area contributed by atoms with Crippen LogP contribution in [-0.2, 0) is 9.53 Å². The molecule has 0 bridgehead atoms. The van der Waals surface area contributed by atoms with Crippen LogP contribution in [0.3, 0.4) is 0 Å². The van der Waals surface area contributed by atoms with Crippen LogP contribution in [0, 0.1) is 5.92 Å². The van der Waals surface area contributed by atoms with Gasteiger partial charge < -0.3 is 15.8 Å². The standard InChI is InChI=1S/C12H22N2O2/c1-8(11-6-3-7-16-11)14-12(15)9-4-2-5-10(9)13/h8-11H,2-7,13H2,1H3,(H,14,15). The maximum absolute atomic E-state index is 12.0. The van der Waals surface area contributed by atoms with Crippen LogP contribution in [0.25, 0.3) is 0 Å². The summed E-state index contributed by atoms with van der Waals surface area (Å²) in [7, 11) is 0. The average Bonchev–Trinajstić information content (AvgIpc) is 2.86. The molecule has 0 spiro atoms. The minimum absolute atomic E-state index is 0.0175. The van der Waals surface area contributed by atoms with Gasteiger partial charge in [0.15, 0.2) is 0 Å². The molecule has 0 aromatic heterocycles. The summed E-state index contributed by atoms with van der Waals surface area (Å²) in [6.07, 6.45) is 5.35. The number of rotatable bonds is 3. The van der Waals surface area contributed by atoms with E-state index in [-0.39, 0.29) is 30.0 Å². The van der Waals surface area contributed by atoms with E-state index in [9.17, 15) is 4.79 Å². The Hall–Kier alpha value is -0.610. The lowest BCUT2D eigenvalue weighted by Gasteiger charge is -2.23. The molecule has 1 aliphatic carbocycles. The number of nitrogens with one attached hydrogen (secondary N) is 1. The highest BCUT2D eigenvalue weighted by molar-refractivity contribution is 5.80. The molecule has 2 fully saturated rings. The lowest BCUT2D eigenvalue weighted by Crippen LogP contribution is -2.46. The zero-order chi connectivity index (χ0) is 11.5. The smallest absolute Gasteiger partial charge is 0.224 e. The van der Waals surface area contributed by atoms with E-state index in [0.29, 0.717) is 0 Å². The number of ether oxygens (including phenoxy) is 1. The Morgan fingerprint density at radius 2 is 2.19 bits per heavy atom. The molecule has 0 aromatic carbocycles. The maximum Gasteiger partial charge on any atom is 0.224 e. The zero-order valence-corrected chi connectivity index (χ0v) is 9.95. The number of carbonyl (C=O) groups is 1. The van der Waals surface area contributed by atoms with E-state index in [1.807, 2.05) is 6.92 Å². The quantitative estimate of drug-likeness (QED) is 0.748. The van der Waals surface area contributed by atoms with Crippen molar-refractivity contribution in [1.29, 1.82) is 0 Å². The molecule has 1 aliphatic heterocycles. The Morgan fingerprint density at radius 3 is 2.75 bits per heavy atom. The van der Waals surface area contributed by atoms with E-state index < -0.39 is 0 Å². The molecule has 1 saturated heterocycles. The monoisotopic (exact) mass is 226 g/mol. The summed E-state index contributed by atoms with van der Waals surface area (Å²) < 4.78 is 5.56. The van der Waals surface area contributed by atoms with Crippen molar-refractivity contribution in [2.75, 3.05) is 6.61 Å². The first-order valence-corrected chi connectivity index (χ1v) is 6.36. The second kappa shape index (κ2) is 5.15. The molecule has 4 unspecified atom stereocenters. The van der Waals surface area contributed by atoms with Crippen LogP contribution in [0.5, 0.6) is 0 Å². The van der Waals surface area contributed by atoms with Gasteiger partial charge in [0.05, 0.1) is 18.1 Å². The second-order valence-electron chi connectivity index (χ2n) is 5.05. The Balaban J connectivity index is 1.81. The third-order valence-corrected chi connectivity index (χ3v) is 3.80. The SMILES string of the molecule is CC(NC(=O)C1CCCC1N)C1CCCO1. The average molecular weight is 226 g/mol. The fraction of sp³-hybridized carbons (Fsp3) is 0.917. The van der Waals surface area contributed by atoms with Crippen LogP contribution in [0.15, 0.2) is 0 Å². The summed E-state index contributed by atoms with van der Waals surface area (Å²) >= 11 is 0. The van der Waals surface area contributed by atoms with Crippen LogP contribution in [-0.4, -0.2) is 30.7 Å². The molecule has 1 heterocycles. The second-order valence-corrected chi connectivity index (χ2v) is 5.05. The fourth-order valence-electron chi connectivity index (χ4n) is 2.74. The van der Waals surface area contributed by atoms with Gasteiger partial charge in [0.1, 0.15) is 0 Å². The molecule has 92 valence electrons. The van der Waals surface area contributed by atoms with E-state index in [0.717, 1.165) is 38.7 Å². The first-order valence-electron chi connectivity index (χ1n) is 6.36. The Bertz CT molecular complexity index is 251. The molecule has 16 heavy (non-hydrogen) atoms. The van der Waals surface area contributed by atoms with E-state index in [4.69, 9.17) is 10.5 Å². The van der Waals surface area contributed by atoms with Crippen LogP contribution < -0.4 is 11.1 Å². The molecule has 4 nitrogen and oxygen atoms in total. The summed E-state index contributed by atoms with van der Waals surface area (Å²) in [6, 6.07) is 0.166. The van der Waals surface area contributed by atoms with Crippen molar-refractivity contribution in [3.63, 3.8) is 0 Å². The lowest BCUT2D eigenvalue weighted by atomic mass is 10.0. The van der Waals surface area contributed by atoms with Crippen LogP contribution in [0.2, 0.25) is 0 Å². The minimum Gasteiger partial charge on any atom is -0.376 e. The summed E-state index contributed by atoms with van der Waals surface area (Å²) in [4.78, 5) is 12.0. The molecule has 0 radical (unpaired) electrons. The molecule has 2 aliphatic rings. The van der Waals surface area contributed by atoms with Crippen molar-refractivity contribution in [2.24, 2.45) is 11.7 Å². The predicted molar refractivity (Wildman–Crippen MR) is 61.9 cm³/mol. The summed E-state index contributed by atoms with van der Waals surface area (Å²) in [5.74, 6) is 0.136. The van der Waals surface area contributed by atoms with Gasteiger partial charge in [0.2, 0.25) is 5.91 Å². The van der Waals surface area contributed by atoms with Gasteiger partial charge >= 0.3 is 0 Å². The Labute approximate surface area is 96.9 Å². The Morgan fingerprint density at radius 1 is 1.38 bits per heavy atom. The van der Waals surface area contributed by atoms with Crippen molar-refractivity contribution in [3.05, 3.63) is 0 Å². The molecule has 4 atom stereocenters. The normalized spacial score (nSPS) is 36.2. The van der Waals surface area contributed by atoms with E-state index in [1.165, 1.54) is 0 Å². The molecular formula is C12H22N2O2. The van der Waals surface area contributed by atoms with Gasteiger partial charge in [-0.3, -0.25) is 4.79 Å². The topological polar surface area (TPSA) is 64.4 Å². The largest absolute Gasteiger partial charge is 0.376 e. The van der Waals surface area contributed by atoms with Crippen LogP contribution >= 0.6 is 0 Å². The van der Waals surface area contributed by atoms with Crippen molar-refractivity contribution in [2.45, 2.75) is 57.2 Å². The highest BCUT2D eigenvalue weighted by Gasteiger charge is 2.32. The van der Waals surface area contributed by atoms with Crippen molar-refractivity contribution < 1.29 is 9.53 Å². The molecule has 3 N–H and O–H groups in total. The van der Waals surface area contributed by atoms with E-state index in [1.54, 1.807) is 0 Å². The summed E-state index contributed by atoms with van der Waals surface area (Å²) in [5, 5.41) is 3.05. The van der Waals surface area contributed by atoms with Crippen molar-refractivity contribution in [3.8, 4) is 0 Å². The number of hydrogen-bond acceptors (Lipinski definition) is 3. The molecule has 4 heteroatoms. The maximum atomic E-state index is 12.0. The van der Waals surface area contributed by atoms with Gasteiger partial charge in [-0.25, -0.2) is 0 Å². The van der Waals surface area contributed by atoms with Gasteiger partial charge in [-0.1, -0.05) is 6.42 Å². The number of nitrogens with two attached hydrogens (primary N) is 1. The van der Waals surface area contributed by atoms with Crippen LogP contribution in [0.4, 0.5) is 0 Å². The lowest BCUT2D eigenvalue weighted by molar-refractivity contribution is -0.126. The summed E-state index contributed by atoms with van der Waals surface area (Å²) in [5.41, 5.74) is 5.92. The van der Waals surface area contributed by atoms with Gasteiger partial charge in [0.25, 0.3) is 0 Å². The van der Waals surface area contributed by atoms with Crippen LogP contribution in [0.1, 0.15) is 39.0 Å². The van der Waals surface area contributed by atoms with E-state index in [2.05, 4.69) is 5.32 Å². The number of amides is 1. The molecule has 1 amide bonds. The first kappa shape index (κ1) is 11.9. The number of hydrogen-bond donors (Lipinski definition) is 2. The molecule has 0 aromatic rings. The van der Waals surface area contributed by atoms with Crippen molar-refractivity contribution in [1.82, 2.24) is 5.32 Å². The third kappa shape index (κ3) is 2.55. The molecule has 1 saturated carbocycles. The zero-order valence-electron chi connectivity index (χ0n) is 9.95. The molecular weight excluding hydrogens is 204 g/mol. The highest BCUT2D eigenvalue weighted by Crippen LogP contribution is 2.24. The van der Waals surface area contributed by atoms with E-state index >= 15 is 0 Å². The Kier molecular flexibility index (Phi) is 3.82. The highest BCUT2D eigenvalue weighted by atomic mass is 16.5. The third-order valence-electron chi connectivity index (χ3n) is 3.80.